The Labute approximate surface area is 282 Å². The molecule has 0 N–H and O–H groups in total. The first-order chi connectivity index (χ1) is 23.3. The van der Waals surface area contributed by atoms with E-state index in [2.05, 4.69) is 178 Å². The fraction of sp³-hybridized carbons (Fsp3) is 0.178. The summed E-state index contributed by atoms with van der Waals surface area (Å²) in [5.41, 5.74) is 15.3. The van der Waals surface area contributed by atoms with Crippen LogP contribution in [-0.2, 0) is 7.05 Å². The Kier molecular flexibility index (Phi) is 7.29. The third kappa shape index (κ3) is 4.76. The van der Waals surface area contributed by atoms with Gasteiger partial charge in [-0.05, 0) is 76.9 Å². The van der Waals surface area contributed by atoms with E-state index in [9.17, 15) is 0 Å². The van der Waals surface area contributed by atoms with Gasteiger partial charge >= 0.3 is 0 Å². The molecule has 0 amide bonds. The molecule has 48 heavy (non-hydrogen) atoms. The fourth-order valence-electron chi connectivity index (χ4n) is 7.50. The van der Waals surface area contributed by atoms with E-state index in [1.807, 2.05) is 0 Å². The van der Waals surface area contributed by atoms with Crippen molar-refractivity contribution in [2.75, 3.05) is 0 Å². The van der Waals surface area contributed by atoms with Gasteiger partial charge in [0.25, 0.3) is 5.82 Å². The van der Waals surface area contributed by atoms with Gasteiger partial charge < -0.3 is 4.42 Å². The van der Waals surface area contributed by atoms with Gasteiger partial charge in [-0.15, -0.1) is 0 Å². The number of furan rings is 1. The normalized spacial score (nSPS) is 11.9. The highest BCUT2D eigenvalue weighted by atomic mass is 16.3. The summed E-state index contributed by atoms with van der Waals surface area (Å²) in [6.07, 6.45) is 0. The van der Waals surface area contributed by atoms with Crippen molar-refractivity contribution >= 4 is 33.0 Å². The second kappa shape index (κ2) is 11.7. The lowest BCUT2D eigenvalue weighted by molar-refractivity contribution is -0.633. The first-order valence-electron chi connectivity index (χ1n) is 17.1. The Morgan fingerprint density at radius 1 is 0.583 bits per heavy atom. The maximum absolute atomic E-state index is 6.87. The number of nitrogens with zero attached hydrogens (tertiary/aromatic N) is 2. The van der Waals surface area contributed by atoms with E-state index < -0.39 is 0 Å². The van der Waals surface area contributed by atoms with Gasteiger partial charge in [-0.1, -0.05) is 125 Å². The summed E-state index contributed by atoms with van der Waals surface area (Å²) in [5, 5.41) is 2.26. The first-order valence-corrected chi connectivity index (χ1v) is 17.1. The van der Waals surface area contributed by atoms with Crippen LogP contribution < -0.4 is 4.57 Å². The number of fused-ring (bicyclic) bond motifs is 4. The van der Waals surface area contributed by atoms with Crippen molar-refractivity contribution in [3.8, 4) is 39.3 Å². The van der Waals surface area contributed by atoms with Crippen LogP contribution in [0, 0.1) is 6.92 Å². The summed E-state index contributed by atoms with van der Waals surface area (Å²) in [5.74, 6) is 1.85. The second-order valence-electron chi connectivity index (χ2n) is 13.7. The molecule has 0 saturated carbocycles. The molecule has 8 aromatic rings. The van der Waals surface area contributed by atoms with E-state index in [-0.39, 0.29) is 0 Å². The highest BCUT2D eigenvalue weighted by Gasteiger charge is 2.33. The molecule has 0 unspecified atom stereocenters. The topological polar surface area (TPSA) is 21.9 Å². The summed E-state index contributed by atoms with van der Waals surface area (Å²) >= 11 is 0. The summed E-state index contributed by atoms with van der Waals surface area (Å²) in [7, 11) is 2.19. The largest absolute Gasteiger partial charge is 0.455 e. The summed E-state index contributed by atoms with van der Waals surface area (Å²) in [6.45, 7) is 11.4. The van der Waals surface area contributed by atoms with Crippen molar-refractivity contribution in [3.05, 3.63) is 144 Å². The smallest absolute Gasteiger partial charge is 0.299 e. The minimum absolute atomic E-state index is 0.361. The minimum atomic E-state index is 0.361. The van der Waals surface area contributed by atoms with Crippen LogP contribution in [0.2, 0.25) is 0 Å². The van der Waals surface area contributed by atoms with E-state index >= 15 is 0 Å². The molecule has 0 spiro atoms. The van der Waals surface area contributed by atoms with E-state index in [0.717, 1.165) is 33.3 Å². The third-order valence-corrected chi connectivity index (χ3v) is 9.95. The highest BCUT2D eigenvalue weighted by molar-refractivity contribution is 6.11. The molecule has 3 heteroatoms. The van der Waals surface area contributed by atoms with E-state index in [4.69, 9.17) is 4.42 Å². The first kappa shape index (κ1) is 30.0. The third-order valence-electron chi connectivity index (χ3n) is 9.95. The summed E-state index contributed by atoms with van der Waals surface area (Å²) in [6, 6.07) is 46.1. The number of para-hydroxylation sites is 3. The van der Waals surface area contributed by atoms with Gasteiger partial charge in [0.15, 0.2) is 16.6 Å². The van der Waals surface area contributed by atoms with Crippen molar-refractivity contribution in [1.29, 1.82) is 0 Å². The van der Waals surface area contributed by atoms with E-state index in [0.29, 0.717) is 11.8 Å². The van der Waals surface area contributed by atoms with Crippen LogP contribution in [0.3, 0.4) is 0 Å². The lowest BCUT2D eigenvalue weighted by Crippen LogP contribution is -2.30. The van der Waals surface area contributed by atoms with Crippen molar-refractivity contribution in [2.24, 2.45) is 7.05 Å². The van der Waals surface area contributed by atoms with Crippen LogP contribution in [-0.4, -0.2) is 4.57 Å². The number of hydrogen-bond acceptors (Lipinski definition) is 1. The molecule has 2 aromatic heterocycles. The van der Waals surface area contributed by atoms with Gasteiger partial charge in [0.1, 0.15) is 16.8 Å². The number of aryl methyl sites for hydroxylation is 2. The molecule has 2 heterocycles. The van der Waals surface area contributed by atoms with Crippen LogP contribution in [0.1, 0.15) is 56.2 Å². The van der Waals surface area contributed by atoms with Crippen molar-refractivity contribution in [3.63, 3.8) is 0 Å². The van der Waals surface area contributed by atoms with Crippen molar-refractivity contribution in [1.82, 2.24) is 4.57 Å². The predicted molar refractivity (Wildman–Crippen MR) is 201 cm³/mol. The Morgan fingerprint density at radius 2 is 1.21 bits per heavy atom. The molecular formula is C45H41N2O+. The van der Waals surface area contributed by atoms with Crippen molar-refractivity contribution < 1.29 is 8.98 Å². The highest BCUT2D eigenvalue weighted by Crippen LogP contribution is 2.42. The zero-order chi connectivity index (χ0) is 33.1. The molecular weight excluding hydrogens is 585 g/mol. The number of aromatic nitrogens is 2. The number of benzene rings is 6. The van der Waals surface area contributed by atoms with Crippen LogP contribution in [0.4, 0.5) is 0 Å². The predicted octanol–water partition coefficient (Wildman–Crippen LogP) is 11.9. The van der Waals surface area contributed by atoms with E-state index in [1.165, 1.54) is 55.7 Å². The number of hydrogen-bond donors (Lipinski definition) is 0. The molecule has 0 aliphatic carbocycles. The van der Waals surface area contributed by atoms with Gasteiger partial charge in [0.2, 0.25) is 0 Å². The molecule has 0 aliphatic rings. The average molecular weight is 626 g/mol. The molecule has 8 rings (SSSR count). The van der Waals surface area contributed by atoms with Crippen molar-refractivity contribution in [2.45, 2.75) is 46.5 Å². The molecule has 0 aliphatic heterocycles. The molecule has 236 valence electrons. The monoisotopic (exact) mass is 625 g/mol. The molecule has 0 atom stereocenters. The van der Waals surface area contributed by atoms with Gasteiger partial charge in [-0.25, -0.2) is 4.57 Å². The fourth-order valence-corrected chi connectivity index (χ4v) is 7.50. The quantitative estimate of drug-likeness (QED) is 0.169. The van der Waals surface area contributed by atoms with Gasteiger partial charge in [0, 0.05) is 21.9 Å². The van der Waals surface area contributed by atoms with Crippen LogP contribution in [0.25, 0.3) is 72.3 Å². The average Bonchev–Trinajstić information content (AvgIpc) is 3.62. The van der Waals surface area contributed by atoms with Gasteiger partial charge in [-0.3, -0.25) is 0 Å². The minimum Gasteiger partial charge on any atom is -0.455 e. The summed E-state index contributed by atoms with van der Waals surface area (Å²) in [4.78, 5) is 0. The van der Waals surface area contributed by atoms with Crippen LogP contribution >= 0.6 is 0 Å². The zero-order valence-electron chi connectivity index (χ0n) is 28.6. The molecule has 0 fully saturated rings. The standard InChI is InChI=1S/C45H41N2O/c1-28(2)35-18-13-19-36(29(3)4)43(35)47-40-21-11-10-20-39(40)46(6)45(47)42-30(5)22-24-37-38-27-34(23-25-41(38)48-44(37)42)33-17-12-16-32(26-33)31-14-8-7-9-15-31/h7-29H,1-6H3/q+1. The van der Waals surface area contributed by atoms with Gasteiger partial charge in [0.05, 0.1) is 7.05 Å². The molecule has 0 bridgehead atoms. The number of imidazole rings is 1. The Morgan fingerprint density at radius 3 is 1.94 bits per heavy atom. The SMILES string of the molecule is Cc1ccc2c(oc3ccc(-c4cccc(-c5ccccc5)c4)cc32)c1-c1n(-c2c(C(C)C)cccc2C(C)C)c2ccccc2[n+]1C. The lowest BCUT2D eigenvalue weighted by Gasteiger charge is -2.18. The Hall–Kier alpha value is -5.41. The summed E-state index contributed by atoms with van der Waals surface area (Å²) < 4.78 is 11.7. The molecule has 6 aromatic carbocycles. The molecule has 0 saturated heterocycles. The maximum atomic E-state index is 6.87. The molecule has 3 nitrogen and oxygen atoms in total. The Bertz CT molecular complexity index is 2450. The van der Waals surface area contributed by atoms with E-state index in [1.54, 1.807) is 0 Å². The Balaban J connectivity index is 1.40. The van der Waals surface area contributed by atoms with Crippen LogP contribution in [0.15, 0.2) is 132 Å². The molecule has 0 radical (unpaired) electrons. The second-order valence-corrected chi connectivity index (χ2v) is 13.7. The maximum Gasteiger partial charge on any atom is 0.299 e. The number of rotatable bonds is 6. The lowest BCUT2D eigenvalue weighted by atomic mass is 9.92. The van der Waals surface area contributed by atoms with Gasteiger partial charge in [-0.2, -0.15) is 4.57 Å². The van der Waals surface area contributed by atoms with Crippen LogP contribution in [0.5, 0.6) is 0 Å². The zero-order valence-corrected chi connectivity index (χ0v) is 28.6.